The number of hydrogen-bond donors (Lipinski definition) is 2. The van der Waals surface area contributed by atoms with Gasteiger partial charge in [0.1, 0.15) is 11.6 Å². The number of carbonyl (C=O) groups is 1. The molecule has 1 saturated carbocycles. The molecule has 1 fully saturated rings. The number of carbonyl (C=O) groups excluding carboxylic acids is 1. The third-order valence-corrected chi connectivity index (χ3v) is 4.72. The summed E-state index contributed by atoms with van der Waals surface area (Å²) in [5.74, 6) is 1.16. The molecule has 0 aromatic carbocycles. The van der Waals surface area contributed by atoms with Gasteiger partial charge in [-0.1, -0.05) is 45.1 Å². The van der Waals surface area contributed by atoms with E-state index < -0.39 is 0 Å². The summed E-state index contributed by atoms with van der Waals surface area (Å²) in [5, 5.41) is 6.77. The van der Waals surface area contributed by atoms with Crippen molar-refractivity contribution in [3.63, 3.8) is 0 Å². The van der Waals surface area contributed by atoms with E-state index in [1.807, 2.05) is 33.8 Å². The van der Waals surface area contributed by atoms with E-state index in [1.165, 1.54) is 39.2 Å². The zero-order valence-electron chi connectivity index (χ0n) is 18.2. The summed E-state index contributed by atoms with van der Waals surface area (Å²) >= 11 is 0. The molecule has 0 radical (unpaired) electrons. The van der Waals surface area contributed by atoms with Gasteiger partial charge in [0.15, 0.2) is 5.88 Å². The lowest BCUT2D eigenvalue weighted by Gasteiger charge is -2.28. The van der Waals surface area contributed by atoms with Crippen LogP contribution in [0.5, 0.6) is 0 Å². The molecule has 1 aliphatic rings. The molecule has 0 bridgehead atoms. The van der Waals surface area contributed by atoms with E-state index in [4.69, 9.17) is 9.47 Å². The fourth-order valence-electron chi connectivity index (χ4n) is 3.47. The van der Waals surface area contributed by atoms with Crippen LogP contribution in [0, 0.1) is 5.92 Å². The van der Waals surface area contributed by atoms with Gasteiger partial charge in [0.05, 0.1) is 13.7 Å². The zero-order valence-corrected chi connectivity index (χ0v) is 18.2. The molecule has 5 heteroatoms. The number of rotatable bonds is 10. The Morgan fingerprint density at radius 1 is 1.22 bits per heavy atom. The van der Waals surface area contributed by atoms with Crippen molar-refractivity contribution in [3.05, 3.63) is 23.7 Å². The Morgan fingerprint density at radius 2 is 1.89 bits per heavy atom. The Bertz CT molecular complexity index is 500. The van der Waals surface area contributed by atoms with Crippen LogP contribution in [0.1, 0.15) is 79.6 Å². The van der Waals surface area contributed by atoms with E-state index in [9.17, 15) is 4.79 Å². The van der Waals surface area contributed by atoms with E-state index in [1.54, 1.807) is 0 Å². The van der Waals surface area contributed by atoms with Crippen LogP contribution in [-0.4, -0.2) is 31.3 Å². The highest BCUT2D eigenvalue weighted by Gasteiger charge is 2.25. The van der Waals surface area contributed by atoms with Crippen molar-refractivity contribution in [2.75, 3.05) is 13.7 Å². The van der Waals surface area contributed by atoms with E-state index in [2.05, 4.69) is 23.6 Å². The number of nitrogens with one attached hydrogen (secondary N) is 2. The number of hydrogen-bond acceptors (Lipinski definition) is 5. The summed E-state index contributed by atoms with van der Waals surface area (Å²) in [6, 6.07) is -0.296. The van der Waals surface area contributed by atoms with Gasteiger partial charge in [0, 0.05) is 5.70 Å². The molecule has 156 valence electrons. The van der Waals surface area contributed by atoms with Crippen molar-refractivity contribution in [3.8, 4) is 0 Å². The van der Waals surface area contributed by atoms with Gasteiger partial charge in [-0.05, 0) is 52.5 Å². The average Bonchev–Trinajstić information content (AvgIpc) is 2.63. The minimum absolute atomic E-state index is 0.181. The van der Waals surface area contributed by atoms with Crippen molar-refractivity contribution in [2.24, 2.45) is 5.92 Å². The third-order valence-electron chi connectivity index (χ3n) is 4.72. The normalized spacial score (nSPS) is 18.0. The first kappa shape index (κ1) is 23.4. The molecule has 1 aliphatic carbocycles. The second-order valence-corrected chi connectivity index (χ2v) is 8.32. The lowest BCUT2D eigenvalue weighted by molar-refractivity contribution is -0.143. The van der Waals surface area contributed by atoms with Crippen molar-refractivity contribution < 1.29 is 14.3 Å². The van der Waals surface area contributed by atoms with Gasteiger partial charge < -0.3 is 20.1 Å². The third kappa shape index (κ3) is 9.73. The smallest absolute Gasteiger partial charge is 0.328 e. The summed E-state index contributed by atoms with van der Waals surface area (Å²) in [4.78, 5) is 12.3. The first-order valence-electron chi connectivity index (χ1n) is 10.4. The molecule has 5 nitrogen and oxygen atoms in total. The van der Waals surface area contributed by atoms with E-state index >= 15 is 0 Å². The second-order valence-electron chi connectivity index (χ2n) is 8.32. The molecule has 27 heavy (non-hydrogen) atoms. The molecule has 2 N–H and O–H groups in total. The first-order valence-corrected chi connectivity index (χ1v) is 10.4. The number of ether oxygens (including phenoxy) is 2. The highest BCUT2D eigenvalue weighted by atomic mass is 16.5. The van der Waals surface area contributed by atoms with Crippen LogP contribution < -0.4 is 10.6 Å². The molecule has 1 unspecified atom stereocenters. The number of esters is 1. The highest BCUT2D eigenvalue weighted by molar-refractivity contribution is 5.76. The molecule has 1 atom stereocenters. The SMILES string of the molecule is C/C=C(\NC/C(=C\CC)NC(CC1CCCCC1)C(=O)OC)OC(C)(C)C. The highest BCUT2D eigenvalue weighted by Crippen LogP contribution is 2.27. The van der Waals surface area contributed by atoms with E-state index in [0.717, 1.165) is 24.4 Å². The Labute approximate surface area is 166 Å². The Kier molecular flexibility index (Phi) is 10.3. The summed E-state index contributed by atoms with van der Waals surface area (Å²) in [6.07, 6.45) is 12.1. The van der Waals surface area contributed by atoms with Crippen LogP contribution in [0.3, 0.4) is 0 Å². The van der Waals surface area contributed by atoms with E-state index in [0.29, 0.717) is 12.5 Å². The van der Waals surface area contributed by atoms with Crippen LogP contribution in [0.15, 0.2) is 23.7 Å². The van der Waals surface area contributed by atoms with Crippen molar-refractivity contribution in [1.82, 2.24) is 10.6 Å². The van der Waals surface area contributed by atoms with Crippen molar-refractivity contribution in [1.29, 1.82) is 0 Å². The predicted molar refractivity (Wildman–Crippen MR) is 111 cm³/mol. The summed E-state index contributed by atoms with van der Waals surface area (Å²) in [7, 11) is 1.47. The molecule has 0 spiro atoms. The molecule has 0 aromatic rings. The molecule has 0 amide bonds. The van der Waals surface area contributed by atoms with E-state index in [-0.39, 0.29) is 17.6 Å². The van der Waals surface area contributed by atoms with Crippen molar-refractivity contribution >= 4 is 5.97 Å². The fraction of sp³-hybridized carbons (Fsp3) is 0.773. The molecule has 0 aromatic heterocycles. The fourth-order valence-corrected chi connectivity index (χ4v) is 3.47. The summed E-state index contributed by atoms with van der Waals surface area (Å²) in [5.41, 5.74) is 0.743. The first-order chi connectivity index (χ1) is 12.8. The topological polar surface area (TPSA) is 59.6 Å². The molecule has 0 aliphatic heterocycles. The molecule has 1 rings (SSSR count). The standard InChI is InChI=1S/C22H40N2O3/c1-7-12-18(16-23-20(8-2)27-22(3,4)5)24-19(21(25)26-6)15-17-13-10-9-11-14-17/h8,12,17,19,23-24H,7,9-11,13-16H2,1-6H3/b18-12+,20-8+. The van der Waals surface area contributed by atoms with Gasteiger partial charge >= 0.3 is 5.97 Å². The van der Waals surface area contributed by atoms with Crippen molar-refractivity contribution in [2.45, 2.75) is 91.2 Å². The quantitative estimate of drug-likeness (QED) is 0.427. The number of methoxy groups -OCH3 is 1. The van der Waals surface area contributed by atoms with Crippen LogP contribution in [0.2, 0.25) is 0 Å². The molecular formula is C22H40N2O3. The Balaban J connectivity index is 2.72. The zero-order chi connectivity index (χ0) is 20.3. The molecule has 0 heterocycles. The van der Waals surface area contributed by atoms with Gasteiger partial charge in [-0.2, -0.15) is 0 Å². The maximum atomic E-state index is 12.3. The summed E-state index contributed by atoms with van der Waals surface area (Å²) in [6.45, 7) is 10.7. The summed E-state index contributed by atoms with van der Waals surface area (Å²) < 4.78 is 11.0. The van der Waals surface area contributed by atoms with Crippen LogP contribution in [0.25, 0.3) is 0 Å². The van der Waals surface area contributed by atoms with Crippen LogP contribution in [-0.2, 0) is 14.3 Å². The Morgan fingerprint density at radius 3 is 2.41 bits per heavy atom. The Hall–Kier alpha value is -1.65. The minimum Gasteiger partial charge on any atom is -0.474 e. The predicted octanol–water partition coefficient (Wildman–Crippen LogP) is 4.65. The minimum atomic E-state index is -0.296. The lowest BCUT2D eigenvalue weighted by Crippen LogP contribution is -2.41. The largest absolute Gasteiger partial charge is 0.474 e. The van der Waals surface area contributed by atoms with Gasteiger partial charge in [0.25, 0.3) is 0 Å². The number of allylic oxidation sites excluding steroid dienone is 2. The van der Waals surface area contributed by atoms with Crippen LogP contribution in [0.4, 0.5) is 0 Å². The second kappa shape index (κ2) is 11.9. The maximum absolute atomic E-state index is 12.3. The van der Waals surface area contributed by atoms with Crippen LogP contribution >= 0.6 is 0 Å². The maximum Gasteiger partial charge on any atom is 0.328 e. The van der Waals surface area contributed by atoms with Gasteiger partial charge in [-0.3, -0.25) is 0 Å². The van der Waals surface area contributed by atoms with Gasteiger partial charge in [-0.15, -0.1) is 0 Å². The lowest BCUT2D eigenvalue weighted by atomic mass is 9.84. The van der Waals surface area contributed by atoms with Gasteiger partial charge in [-0.25, -0.2) is 4.79 Å². The monoisotopic (exact) mass is 380 g/mol. The molecule has 0 saturated heterocycles. The average molecular weight is 381 g/mol. The van der Waals surface area contributed by atoms with Gasteiger partial charge in [0.2, 0.25) is 0 Å². The molecular weight excluding hydrogens is 340 g/mol.